The number of carbonyl (C=O) groups excluding carboxylic acids is 1. The fraction of sp³-hybridized carbons (Fsp3) is 0.167. The normalized spacial score (nSPS) is 26.8. The molecule has 0 fully saturated rings. The quantitative estimate of drug-likeness (QED) is 0.787. The Morgan fingerprint density at radius 1 is 1.08 bits per heavy atom. The maximum atomic E-state index is 13.5. The summed E-state index contributed by atoms with van der Waals surface area (Å²) in [7, 11) is 3.54. The molecule has 2 N–H and O–H groups in total. The molecule has 4 rings (SSSR count). The summed E-state index contributed by atoms with van der Waals surface area (Å²) in [6, 6.07) is 12.9. The van der Waals surface area contributed by atoms with Crippen LogP contribution in [0.2, 0.25) is 10.0 Å². The number of benzene rings is 2. The number of amides is 2. The van der Waals surface area contributed by atoms with Crippen LogP contribution in [0.25, 0.3) is 0 Å². The monoisotopic (exact) mass is 389 g/mol. The number of hydrogen-bond acceptors (Lipinski definition) is 4. The van der Waals surface area contributed by atoms with Gasteiger partial charge in [-0.05, 0) is 11.2 Å². The third-order valence-electron chi connectivity index (χ3n) is 4.84. The minimum Gasteiger partial charge on any atom is -0.377 e. The molecule has 8 heteroatoms. The Morgan fingerprint density at radius 3 is 2.42 bits per heavy atom. The molecule has 2 heterocycles. The first-order chi connectivity index (χ1) is 12.3. The molecule has 0 spiro atoms. The third kappa shape index (κ3) is 2.30. The molecule has 2 atom stereocenters. The highest BCUT2D eigenvalue weighted by molar-refractivity contribution is 6.49. The third-order valence-corrected chi connectivity index (χ3v) is 5.56. The van der Waals surface area contributed by atoms with E-state index in [1.807, 2.05) is 30.3 Å². The smallest absolute Gasteiger partial charge is 0.377 e. The average molecular weight is 390 g/mol. The Kier molecular flexibility index (Phi) is 3.71. The van der Waals surface area contributed by atoms with Crippen LogP contribution in [0.3, 0.4) is 0 Å². The highest BCUT2D eigenvalue weighted by Gasteiger charge is 2.64. The molecule has 2 amide bonds. The second-order valence-corrected chi connectivity index (χ2v) is 7.56. The average Bonchev–Trinajstić information content (AvgIpc) is 2.81. The second-order valence-electron chi connectivity index (χ2n) is 6.75. The van der Waals surface area contributed by atoms with Crippen LogP contribution in [-0.2, 0) is 6.54 Å². The summed E-state index contributed by atoms with van der Waals surface area (Å²) >= 11 is 12.3. The Labute approximate surface area is 160 Å². The van der Waals surface area contributed by atoms with Crippen LogP contribution >= 0.6 is 23.2 Å². The molecule has 6 nitrogen and oxygen atoms in total. The van der Waals surface area contributed by atoms with Crippen molar-refractivity contribution < 1.29 is 9.39 Å². The van der Waals surface area contributed by atoms with Crippen molar-refractivity contribution in [2.24, 2.45) is 15.8 Å². The van der Waals surface area contributed by atoms with E-state index in [4.69, 9.17) is 28.9 Å². The van der Waals surface area contributed by atoms with Crippen LogP contribution in [0.1, 0.15) is 5.56 Å². The van der Waals surface area contributed by atoms with Gasteiger partial charge in [-0.1, -0.05) is 58.1 Å². The highest BCUT2D eigenvalue weighted by Crippen LogP contribution is 2.45. The van der Waals surface area contributed by atoms with E-state index >= 15 is 0 Å². The maximum absolute atomic E-state index is 13.5. The van der Waals surface area contributed by atoms with E-state index in [2.05, 4.69) is 10.1 Å². The fourth-order valence-corrected chi connectivity index (χ4v) is 3.87. The number of aliphatic imine (C=N–C) groups is 1. The Balaban J connectivity index is 1.87. The predicted octanol–water partition coefficient (Wildman–Crippen LogP) is 4.03. The van der Waals surface area contributed by atoms with Gasteiger partial charge in [0.2, 0.25) is 5.84 Å². The van der Waals surface area contributed by atoms with E-state index in [1.54, 1.807) is 26.2 Å². The van der Waals surface area contributed by atoms with Gasteiger partial charge in [0, 0.05) is 11.6 Å². The number of hydrogen-bond donors (Lipinski definition) is 1. The van der Waals surface area contributed by atoms with Crippen LogP contribution < -0.4 is 10.2 Å². The van der Waals surface area contributed by atoms with Crippen molar-refractivity contribution in [3.63, 3.8) is 0 Å². The minimum absolute atomic E-state index is 0.138. The van der Waals surface area contributed by atoms with E-state index in [-0.39, 0.29) is 20.9 Å². The number of halogens is 2. The number of amidine groups is 2. The molecular formula is C18H17Cl2N5O+2. The molecule has 0 aromatic heterocycles. The first kappa shape index (κ1) is 17.2. The summed E-state index contributed by atoms with van der Waals surface area (Å²) in [5.74, 6) is 0.626. The molecule has 0 bridgehead atoms. The number of likely N-dealkylation sites (N-methyl/N-ethyl adjacent to an activating group) is 1. The van der Waals surface area contributed by atoms with Gasteiger partial charge in [-0.15, -0.1) is 4.48 Å². The molecule has 2 aliphatic heterocycles. The largest absolute Gasteiger partial charge is 0.552 e. The van der Waals surface area contributed by atoms with Gasteiger partial charge in [-0.25, -0.2) is 4.99 Å². The molecule has 0 saturated carbocycles. The van der Waals surface area contributed by atoms with Gasteiger partial charge in [-0.3, -0.25) is 0 Å². The lowest BCUT2D eigenvalue weighted by Crippen LogP contribution is -2.61. The Bertz CT molecular complexity index is 1000. The van der Waals surface area contributed by atoms with E-state index in [0.717, 1.165) is 5.56 Å². The highest BCUT2D eigenvalue weighted by atomic mass is 35.5. The second kappa shape index (κ2) is 5.62. The lowest BCUT2D eigenvalue weighted by Gasteiger charge is -2.28. The Morgan fingerprint density at radius 2 is 1.73 bits per heavy atom. The fourth-order valence-electron chi connectivity index (χ4n) is 3.56. The standard InChI is InChI=1S/C18H17Cl2N5O/c1-24(10-11-6-4-3-5-7-11)18(26)25(2)15-9-13(20)12(19)8-14(15)22-16(21)17(25)23-24/h3-9H,10H2,1-2H3,(H2,21,22)/q+2. The molecule has 132 valence electrons. The zero-order valence-corrected chi connectivity index (χ0v) is 15.8. The Hall–Kier alpha value is -2.25. The van der Waals surface area contributed by atoms with Crippen molar-refractivity contribution in [1.29, 1.82) is 0 Å². The van der Waals surface area contributed by atoms with Crippen LogP contribution in [0.4, 0.5) is 16.2 Å². The maximum Gasteiger partial charge on any atom is 0.552 e. The molecular weight excluding hydrogens is 373 g/mol. The molecule has 26 heavy (non-hydrogen) atoms. The van der Waals surface area contributed by atoms with Gasteiger partial charge in [0.25, 0.3) is 0 Å². The zero-order chi connectivity index (χ0) is 18.7. The van der Waals surface area contributed by atoms with Crippen LogP contribution in [-0.4, -0.2) is 36.4 Å². The van der Waals surface area contributed by atoms with E-state index < -0.39 is 0 Å². The minimum atomic E-state index is -0.190. The van der Waals surface area contributed by atoms with E-state index in [0.29, 0.717) is 33.8 Å². The number of rotatable bonds is 2. The number of fused-ring (bicyclic) bond motifs is 3. The molecule has 2 aromatic carbocycles. The van der Waals surface area contributed by atoms with Crippen molar-refractivity contribution in [3.8, 4) is 0 Å². The van der Waals surface area contributed by atoms with Crippen molar-refractivity contribution >= 4 is 52.3 Å². The SMILES string of the molecule is C[N+]1(Cc2ccccc2)N=C2C(N)=Nc3cc(Cl)c(Cl)cc3[N+]2(C)C1=O. The van der Waals surface area contributed by atoms with E-state index in [1.165, 1.54) is 0 Å². The van der Waals surface area contributed by atoms with Crippen LogP contribution in [0.5, 0.6) is 0 Å². The summed E-state index contributed by atoms with van der Waals surface area (Å²) < 4.78 is -0.351. The number of urea groups is 1. The number of carbonyl (C=O) groups is 1. The first-order valence-electron chi connectivity index (χ1n) is 8.02. The van der Waals surface area contributed by atoms with E-state index in [9.17, 15) is 4.79 Å². The molecule has 0 saturated heterocycles. The van der Waals surface area contributed by atoms with Gasteiger partial charge >= 0.3 is 11.9 Å². The molecule has 2 aromatic rings. The number of quaternary nitrogens is 2. The van der Waals surface area contributed by atoms with Crippen molar-refractivity contribution in [3.05, 3.63) is 58.1 Å². The van der Waals surface area contributed by atoms with Crippen LogP contribution in [0.15, 0.2) is 52.6 Å². The summed E-state index contributed by atoms with van der Waals surface area (Å²) in [5, 5.41) is 5.39. The van der Waals surface area contributed by atoms with Crippen molar-refractivity contribution in [2.45, 2.75) is 6.54 Å². The molecule has 2 aliphatic rings. The zero-order valence-electron chi connectivity index (χ0n) is 14.3. The molecule has 0 radical (unpaired) electrons. The van der Waals surface area contributed by atoms with Gasteiger partial charge < -0.3 is 5.73 Å². The molecule has 0 aliphatic carbocycles. The molecule has 2 unspecified atom stereocenters. The summed E-state index contributed by atoms with van der Waals surface area (Å²) in [6.45, 7) is 0.418. The number of nitrogens with two attached hydrogens (primary N) is 1. The van der Waals surface area contributed by atoms with Gasteiger partial charge in [0.15, 0.2) is 5.69 Å². The first-order valence-corrected chi connectivity index (χ1v) is 8.77. The summed E-state index contributed by atoms with van der Waals surface area (Å²) in [5.41, 5.74) is 8.30. The van der Waals surface area contributed by atoms with Crippen LogP contribution in [0, 0.1) is 0 Å². The van der Waals surface area contributed by atoms with Gasteiger partial charge in [0.05, 0.1) is 17.1 Å². The topological polar surface area (TPSA) is 67.8 Å². The predicted molar refractivity (Wildman–Crippen MR) is 105 cm³/mol. The van der Waals surface area contributed by atoms with Gasteiger partial charge in [0.1, 0.15) is 19.3 Å². The number of nitrogens with zero attached hydrogens (tertiary/aromatic N) is 4. The lowest BCUT2D eigenvalue weighted by atomic mass is 10.1. The summed E-state index contributed by atoms with van der Waals surface area (Å²) in [4.78, 5) is 17.9. The lowest BCUT2D eigenvalue weighted by molar-refractivity contribution is -0.847. The van der Waals surface area contributed by atoms with Gasteiger partial charge in [-0.2, -0.15) is 4.79 Å². The van der Waals surface area contributed by atoms with Crippen molar-refractivity contribution in [1.82, 2.24) is 4.48 Å². The summed E-state index contributed by atoms with van der Waals surface area (Å²) in [6.07, 6.45) is 0. The van der Waals surface area contributed by atoms with Crippen molar-refractivity contribution in [2.75, 3.05) is 14.1 Å².